The van der Waals surface area contributed by atoms with Crippen LogP contribution >= 0.6 is 0 Å². The van der Waals surface area contributed by atoms with Crippen LogP contribution in [0, 0.1) is 0 Å². The van der Waals surface area contributed by atoms with E-state index in [2.05, 4.69) is 36.4 Å². The van der Waals surface area contributed by atoms with Crippen molar-refractivity contribution in [3.05, 3.63) is 138 Å². The van der Waals surface area contributed by atoms with Crippen LogP contribution in [0.4, 0.5) is 0 Å². The van der Waals surface area contributed by atoms with E-state index >= 15 is 0 Å². The van der Waals surface area contributed by atoms with Gasteiger partial charge in [-0.3, -0.25) is 0 Å². The average molecular weight is 639 g/mol. The Morgan fingerprint density at radius 3 is 1.79 bits per heavy atom. The summed E-state index contributed by atoms with van der Waals surface area (Å²) in [6.07, 6.45) is 2.10. The molecule has 4 aromatic rings. The monoisotopic (exact) mass is 638 g/mol. The van der Waals surface area contributed by atoms with Crippen molar-refractivity contribution in [1.29, 1.82) is 0 Å². The molecule has 0 aromatic heterocycles. The Bertz CT molecular complexity index is 1450. The molecule has 2 heterocycles. The second kappa shape index (κ2) is 17.0. The van der Waals surface area contributed by atoms with Crippen LogP contribution in [-0.4, -0.2) is 50.5 Å². The van der Waals surface area contributed by atoms with Gasteiger partial charge in [0, 0.05) is 12.8 Å². The Hall–Kier alpha value is -3.56. The molecule has 7 heteroatoms. The van der Waals surface area contributed by atoms with Crippen molar-refractivity contribution in [3.63, 3.8) is 0 Å². The molecule has 0 N–H and O–H groups in total. The van der Waals surface area contributed by atoms with Gasteiger partial charge in [0.2, 0.25) is 0 Å². The lowest BCUT2D eigenvalue weighted by Gasteiger charge is -2.50. The van der Waals surface area contributed by atoms with Gasteiger partial charge in [-0.25, -0.2) is 0 Å². The molecular formula is C40H46O7. The molecule has 0 amide bonds. The zero-order valence-electron chi connectivity index (χ0n) is 27.2. The van der Waals surface area contributed by atoms with Crippen LogP contribution in [0.2, 0.25) is 0 Å². The SMILES string of the molecule is COc1ccc(COC[C@@H]2CCC[C@@]3(C[C@@H](OCc4ccccc4)[C@H](OCc4ccccc4)[C@@H](COCc4ccccc4)O3)O2)cc1. The summed E-state index contributed by atoms with van der Waals surface area (Å²) in [6.45, 7) is 2.74. The molecule has 0 aliphatic carbocycles. The Labute approximate surface area is 278 Å². The molecule has 2 saturated heterocycles. The fraction of sp³-hybridized carbons (Fsp3) is 0.400. The van der Waals surface area contributed by atoms with Gasteiger partial charge in [-0.15, -0.1) is 0 Å². The first-order valence-electron chi connectivity index (χ1n) is 16.7. The minimum atomic E-state index is -0.818. The lowest BCUT2D eigenvalue weighted by Crippen LogP contribution is -2.60. The van der Waals surface area contributed by atoms with E-state index in [1.165, 1.54) is 0 Å². The van der Waals surface area contributed by atoms with Crippen molar-refractivity contribution < 1.29 is 33.2 Å². The van der Waals surface area contributed by atoms with Crippen LogP contribution in [0.25, 0.3) is 0 Å². The molecule has 4 aromatic carbocycles. The molecule has 0 bridgehead atoms. The molecule has 2 aliphatic rings. The zero-order valence-corrected chi connectivity index (χ0v) is 27.2. The minimum absolute atomic E-state index is 0.0931. The molecule has 2 aliphatic heterocycles. The van der Waals surface area contributed by atoms with E-state index in [4.69, 9.17) is 33.2 Å². The van der Waals surface area contributed by atoms with E-state index in [0.29, 0.717) is 46.1 Å². The maximum atomic E-state index is 6.93. The molecule has 0 unspecified atom stereocenters. The van der Waals surface area contributed by atoms with Crippen LogP contribution in [0.3, 0.4) is 0 Å². The number of methoxy groups -OCH3 is 1. The molecule has 2 fully saturated rings. The second-order valence-electron chi connectivity index (χ2n) is 12.4. The van der Waals surface area contributed by atoms with Crippen LogP contribution in [-0.2, 0) is 54.8 Å². The normalized spacial score (nSPS) is 24.3. The van der Waals surface area contributed by atoms with Crippen LogP contribution in [0.1, 0.15) is 47.9 Å². The molecule has 6 rings (SSSR count). The first-order chi connectivity index (χ1) is 23.2. The van der Waals surface area contributed by atoms with Crippen molar-refractivity contribution in [2.24, 2.45) is 0 Å². The van der Waals surface area contributed by atoms with Gasteiger partial charge in [0.15, 0.2) is 5.79 Å². The van der Waals surface area contributed by atoms with Crippen molar-refractivity contribution in [3.8, 4) is 5.75 Å². The highest BCUT2D eigenvalue weighted by Gasteiger charge is 2.51. The van der Waals surface area contributed by atoms with Gasteiger partial charge in [-0.05, 0) is 47.2 Å². The van der Waals surface area contributed by atoms with Gasteiger partial charge in [-0.2, -0.15) is 0 Å². The lowest BCUT2D eigenvalue weighted by atomic mass is 9.89. The maximum Gasteiger partial charge on any atom is 0.171 e. The molecule has 7 nitrogen and oxygen atoms in total. The summed E-state index contributed by atoms with van der Waals surface area (Å²) in [5.41, 5.74) is 4.41. The van der Waals surface area contributed by atoms with E-state index in [1.54, 1.807) is 7.11 Å². The maximum absolute atomic E-state index is 6.93. The molecule has 47 heavy (non-hydrogen) atoms. The van der Waals surface area contributed by atoms with E-state index in [-0.39, 0.29) is 18.3 Å². The van der Waals surface area contributed by atoms with Gasteiger partial charge >= 0.3 is 0 Å². The van der Waals surface area contributed by atoms with Crippen LogP contribution in [0.5, 0.6) is 5.75 Å². The third kappa shape index (κ3) is 9.73. The van der Waals surface area contributed by atoms with Crippen molar-refractivity contribution >= 4 is 0 Å². The molecule has 0 radical (unpaired) electrons. The highest BCUT2D eigenvalue weighted by molar-refractivity contribution is 5.26. The fourth-order valence-electron chi connectivity index (χ4n) is 6.37. The minimum Gasteiger partial charge on any atom is -0.497 e. The Morgan fingerprint density at radius 1 is 0.617 bits per heavy atom. The number of benzene rings is 4. The highest BCUT2D eigenvalue weighted by atomic mass is 16.7. The first-order valence-corrected chi connectivity index (χ1v) is 16.7. The van der Waals surface area contributed by atoms with E-state index in [9.17, 15) is 0 Å². The average Bonchev–Trinajstić information content (AvgIpc) is 3.12. The van der Waals surface area contributed by atoms with Gasteiger partial charge in [0.25, 0.3) is 0 Å². The zero-order chi connectivity index (χ0) is 32.2. The van der Waals surface area contributed by atoms with Gasteiger partial charge in [0.05, 0.1) is 59.0 Å². The third-order valence-corrected chi connectivity index (χ3v) is 8.79. The molecule has 248 valence electrons. The fourth-order valence-corrected chi connectivity index (χ4v) is 6.37. The predicted molar refractivity (Wildman–Crippen MR) is 180 cm³/mol. The summed E-state index contributed by atoms with van der Waals surface area (Å²) in [6, 6.07) is 38.6. The molecule has 1 spiro atoms. The van der Waals surface area contributed by atoms with Crippen molar-refractivity contribution in [2.75, 3.05) is 20.3 Å². The van der Waals surface area contributed by atoms with E-state index < -0.39 is 11.9 Å². The smallest absolute Gasteiger partial charge is 0.171 e. The largest absolute Gasteiger partial charge is 0.497 e. The van der Waals surface area contributed by atoms with Gasteiger partial charge in [0.1, 0.15) is 18.0 Å². The van der Waals surface area contributed by atoms with E-state index in [0.717, 1.165) is 47.3 Å². The Kier molecular flexibility index (Phi) is 12.1. The summed E-state index contributed by atoms with van der Waals surface area (Å²) < 4.78 is 44.8. The third-order valence-electron chi connectivity index (χ3n) is 8.79. The molecule has 0 saturated carbocycles. The standard InChI is InChI=1S/C40H46O7/c1-41-35-21-19-34(20-22-35)26-42-29-36-18-11-23-40(46-36)24-37(44-27-32-14-7-3-8-15-32)39(45-28-33-16-9-4-10-17-33)38(47-40)30-43-25-31-12-5-2-6-13-31/h2-10,12-17,19-22,36-39H,11,18,23-30H2,1H3/t36-,37+,38+,39-,40+/m0/s1. The van der Waals surface area contributed by atoms with Crippen molar-refractivity contribution in [2.45, 2.75) is 82.3 Å². The lowest BCUT2D eigenvalue weighted by molar-refractivity contribution is -0.361. The summed E-state index contributed by atoms with van der Waals surface area (Å²) in [5, 5.41) is 0. The number of rotatable bonds is 15. The molecular weight excluding hydrogens is 592 g/mol. The first kappa shape index (κ1) is 33.3. The summed E-state index contributed by atoms with van der Waals surface area (Å²) in [7, 11) is 1.67. The van der Waals surface area contributed by atoms with E-state index in [1.807, 2.05) is 78.9 Å². The summed E-state index contributed by atoms with van der Waals surface area (Å²) in [4.78, 5) is 0. The summed E-state index contributed by atoms with van der Waals surface area (Å²) >= 11 is 0. The van der Waals surface area contributed by atoms with Crippen LogP contribution in [0.15, 0.2) is 115 Å². The Balaban J connectivity index is 1.17. The topological polar surface area (TPSA) is 64.6 Å². The molecule has 5 atom stereocenters. The van der Waals surface area contributed by atoms with Crippen LogP contribution < -0.4 is 4.74 Å². The quantitative estimate of drug-likeness (QED) is 0.133. The number of hydrogen-bond donors (Lipinski definition) is 0. The van der Waals surface area contributed by atoms with Gasteiger partial charge < -0.3 is 33.2 Å². The number of ether oxygens (including phenoxy) is 7. The Morgan fingerprint density at radius 2 is 1.17 bits per heavy atom. The van der Waals surface area contributed by atoms with Crippen molar-refractivity contribution in [1.82, 2.24) is 0 Å². The highest BCUT2D eigenvalue weighted by Crippen LogP contribution is 2.42. The van der Waals surface area contributed by atoms with Gasteiger partial charge in [-0.1, -0.05) is 103 Å². The number of hydrogen-bond acceptors (Lipinski definition) is 7. The summed E-state index contributed by atoms with van der Waals surface area (Å²) in [5.74, 6) is 0.0133. The second-order valence-corrected chi connectivity index (χ2v) is 12.4. The predicted octanol–water partition coefficient (Wildman–Crippen LogP) is 7.65.